The van der Waals surface area contributed by atoms with E-state index in [2.05, 4.69) is 4.98 Å². The van der Waals surface area contributed by atoms with Crippen molar-refractivity contribution < 1.29 is 9.90 Å². The summed E-state index contributed by atoms with van der Waals surface area (Å²) >= 11 is 0. The Bertz CT molecular complexity index is 672. The first-order valence-corrected chi connectivity index (χ1v) is 5.93. The molecule has 1 N–H and O–H groups in total. The minimum Gasteiger partial charge on any atom is -0.478 e. The van der Waals surface area contributed by atoms with Crippen molar-refractivity contribution in [3.05, 3.63) is 52.1 Å². The van der Waals surface area contributed by atoms with Crippen molar-refractivity contribution in [3.63, 3.8) is 0 Å². The molecule has 0 saturated heterocycles. The van der Waals surface area contributed by atoms with Gasteiger partial charge in [0.15, 0.2) is 0 Å². The van der Waals surface area contributed by atoms with Crippen LogP contribution in [0.3, 0.4) is 0 Å². The Morgan fingerprint density at radius 2 is 1.95 bits per heavy atom. The number of benzene rings is 1. The summed E-state index contributed by atoms with van der Waals surface area (Å²) in [7, 11) is 1.48. The van der Waals surface area contributed by atoms with Crippen LogP contribution in [0.4, 0.5) is 0 Å². The molecule has 0 atom stereocenters. The summed E-state index contributed by atoms with van der Waals surface area (Å²) in [5, 5.41) is 9.19. The molecule has 0 fully saturated rings. The van der Waals surface area contributed by atoms with Crippen molar-refractivity contribution in [1.29, 1.82) is 0 Å². The molecule has 0 spiro atoms. The molecule has 0 unspecified atom stereocenters. The number of carboxylic acid groups (broad SMARTS) is 1. The van der Waals surface area contributed by atoms with Crippen molar-refractivity contribution in [2.24, 2.45) is 7.05 Å². The maximum absolute atomic E-state index is 11.6. The van der Waals surface area contributed by atoms with Gasteiger partial charge in [0.25, 0.3) is 0 Å². The topological polar surface area (TPSA) is 72.2 Å². The number of hydrogen-bond acceptors (Lipinski definition) is 3. The Hall–Kier alpha value is -2.43. The summed E-state index contributed by atoms with van der Waals surface area (Å²) < 4.78 is 1.16. The van der Waals surface area contributed by atoms with Crippen LogP contribution in [0.25, 0.3) is 11.3 Å². The highest BCUT2D eigenvalue weighted by Crippen LogP contribution is 2.20. The zero-order valence-electron chi connectivity index (χ0n) is 10.8. The Labute approximate surface area is 110 Å². The molecule has 5 heteroatoms. The lowest BCUT2D eigenvalue weighted by molar-refractivity contribution is 0.0696. The van der Waals surface area contributed by atoms with E-state index < -0.39 is 11.7 Å². The van der Waals surface area contributed by atoms with Crippen LogP contribution in [0.2, 0.25) is 0 Å². The molecule has 98 valence electrons. The Balaban J connectivity index is 2.62. The van der Waals surface area contributed by atoms with Crippen molar-refractivity contribution in [3.8, 4) is 11.3 Å². The highest BCUT2D eigenvalue weighted by Gasteiger charge is 2.15. The lowest BCUT2D eigenvalue weighted by Gasteiger charge is -2.07. The van der Waals surface area contributed by atoms with E-state index in [0.717, 1.165) is 16.6 Å². The van der Waals surface area contributed by atoms with E-state index in [9.17, 15) is 14.7 Å². The minimum absolute atomic E-state index is 0.0198. The van der Waals surface area contributed by atoms with E-state index in [1.165, 1.54) is 13.2 Å². The van der Waals surface area contributed by atoms with Gasteiger partial charge in [0, 0.05) is 18.8 Å². The molecule has 1 aromatic carbocycles. The first-order chi connectivity index (χ1) is 9.02. The van der Waals surface area contributed by atoms with Gasteiger partial charge in [0.1, 0.15) is 5.56 Å². The van der Waals surface area contributed by atoms with Crippen LogP contribution < -0.4 is 5.69 Å². The third-order valence-electron chi connectivity index (χ3n) is 2.95. The van der Waals surface area contributed by atoms with Gasteiger partial charge in [-0.3, -0.25) is 0 Å². The van der Waals surface area contributed by atoms with E-state index in [1.807, 2.05) is 19.1 Å². The second kappa shape index (κ2) is 5.06. The SMILES string of the molecule is CCc1ccc(-c2nc(=O)n(C)cc2C(=O)O)cc1. The van der Waals surface area contributed by atoms with E-state index in [4.69, 9.17) is 0 Å². The Kier molecular flexibility index (Phi) is 3.46. The predicted octanol–water partition coefficient (Wildman–Crippen LogP) is 1.71. The van der Waals surface area contributed by atoms with Crippen LogP contribution in [-0.4, -0.2) is 20.6 Å². The fraction of sp³-hybridized carbons (Fsp3) is 0.214. The van der Waals surface area contributed by atoms with Gasteiger partial charge in [-0.25, -0.2) is 9.59 Å². The zero-order chi connectivity index (χ0) is 14.0. The van der Waals surface area contributed by atoms with Gasteiger partial charge in [0.05, 0.1) is 5.69 Å². The molecule has 0 radical (unpaired) electrons. The maximum Gasteiger partial charge on any atom is 0.347 e. The van der Waals surface area contributed by atoms with Crippen molar-refractivity contribution >= 4 is 5.97 Å². The van der Waals surface area contributed by atoms with Crippen LogP contribution in [0.5, 0.6) is 0 Å². The van der Waals surface area contributed by atoms with Crippen molar-refractivity contribution in [1.82, 2.24) is 9.55 Å². The molecule has 0 aliphatic carbocycles. The summed E-state index contributed by atoms with van der Waals surface area (Å²) in [6, 6.07) is 7.38. The van der Waals surface area contributed by atoms with Crippen LogP contribution >= 0.6 is 0 Å². The van der Waals surface area contributed by atoms with E-state index in [-0.39, 0.29) is 11.3 Å². The largest absolute Gasteiger partial charge is 0.478 e. The fourth-order valence-corrected chi connectivity index (χ4v) is 1.82. The molecular weight excluding hydrogens is 244 g/mol. The monoisotopic (exact) mass is 258 g/mol. The number of rotatable bonds is 3. The van der Waals surface area contributed by atoms with Gasteiger partial charge in [-0.2, -0.15) is 4.98 Å². The summed E-state index contributed by atoms with van der Waals surface area (Å²) in [6.07, 6.45) is 2.19. The molecule has 1 heterocycles. The van der Waals surface area contributed by atoms with Crippen LogP contribution in [0.15, 0.2) is 35.3 Å². The van der Waals surface area contributed by atoms with Crippen molar-refractivity contribution in [2.45, 2.75) is 13.3 Å². The maximum atomic E-state index is 11.6. The second-order valence-corrected chi connectivity index (χ2v) is 4.25. The number of nitrogens with zero attached hydrogens (tertiary/aromatic N) is 2. The molecule has 5 nitrogen and oxygen atoms in total. The molecule has 2 aromatic rings. The number of aromatic carboxylic acids is 1. The summed E-state index contributed by atoms with van der Waals surface area (Å²) in [4.78, 5) is 26.6. The highest BCUT2D eigenvalue weighted by molar-refractivity contribution is 5.94. The lowest BCUT2D eigenvalue weighted by atomic mass is 10.0. The normalized spacial score (nSPS) is 10.4. The van der Waals surface area contributed by atoms with Gasteiger partial charge >= 0.3 is 11.7 Å². The van der Waals surface area contributed by atoms with Crippen LogP contribution in [0, 0.1) is 0 Å². The number of aryl methyl sites for hydroxylation is 2. The number of aromatic nitrogens is 2. The minimum atomic E-state index is -1.10. The summed E-state index contributed by atoms with van der Waals surface area (Å²) in [5.74, 6) is -1.10. The molecule has 19 heavy (non-hydrogen) atoms. The molecule has 0 aliphatic rings. The van der Waals surface area contributed by atoms with Crippen LogP contribution in [-0.2, 0) is 13.5 Å². The second-order valence-electron chi connectivity index (χ2n) is 4.25. The number of hydrogen-bond donors (Lipinski definition) is 1. The van der Waals surface area contributed by atoms with Gasteiger partial charge in [0.2, 0.25) is 0 Å². The molecule has 0 saturated carbocycles. The first-order valence-electron chi connectivity index (χ1n) is 5.93. The standard InChI is InChI=1S/C14H14N2O3/c1-3-9-4-6-10(7-5-9)12-11(13(17)18)8-16(2)14(19)15-12/h4-8H,3H2,1-2H3,(H,17,18). The van der Waals surface area contributed by atoms with Gasteiger partial charge in [-0.1, -0.05) is 31.2 Å². The van der Waals surface area contributed by atoms with E-state index in [0.29, 0.717) is 5.56 Å². The van der Waals surface area contributed by atoms with E-state index in [1.54, 1.807) is 12.1 Å². The Morgan fingerprint density at radius 1 is 1.32 bits per heavy atom. The quantitative estimate of drug-likeness (QED) is 0.909. The van der Waals surface area contributed by atoms with Gasteiger partial charge in [-0.05, 0) is 12.0 Å². The smallest absolute Gasteiger partial charge is 0.347 e. The average Bonchev–Trinajstić information content (AvgIpc) is 2.41. The zero-order valence-corrected chi connectivity index (χ0v) is 10.8. The Morgan fingerprint density at radius 3 is 2.47 bits per heavy atom. The molecule has 0 amide bonds. The predicted molar refractivity (Wildman–Crippen MR) is 71.3 cm³/mol. The lowest BCUT2D eigenvalue weighted by Crippen LogP contribution is -2.22. The van der Waals surface area contributed by atoms with Crippen molar-refractivity contribution in [2.75, 3.05) is 0 Å². The van der Waals surface area contributed by atoms with E-state index >= 15 is 0 Å². The third-order valence-corrected chi connectivity index (χ3v) is 2.95. The summed E-state index contributed by atoms with van der Waals surface area (Å²) in [6.45, 7) is 2.04. The van der Waals surface area contributed by atoms with Gasteiger partial charge in [-0.15, -0.1) is 0 Å². The van der Waals surface area contributed by atoms with Gasteiger partial charge < -0.3 is 9.67 Å². The fourth-order valence-electron chi connectivity index (χ4n) is 1.82. The molecular formula is C14H14N2O3. The summed E-state index contributed by atoms with van der Waals surface area (Å²) in [5.41, 5.74) is 1.53. The number of carboxylic acids is 1. The molecule has 0 aliphatic heterocycles. The van der Waals surface area contributed by atoms with Crippen LogP contribution in [0.1, 0.15) is 22.8 Å². The number of carbonyl (C=O) groups is 1. The highest BCUT2D eigenvalue weighted by atomic mass is 16.4. The molecule has 2 rings (SSSR count). The first kappa shape index (κ1) is 13.0. The molecule has 0 bridgehead atoms. The third kappa shape index (κ3) is 2.54. The average molecular weight is 258 g/mol. The molecule has 1 aromatic heterocycles.